The van der Waals surface area contributed by atoms with Crippen molar-refractivity contribution in [2.45, 2.75) is 10.7 Å². The average Bonchev–Trinajstić information content (AvgIpc) is 2.35. The lowest BCUT2D eigenvalue weighted by Gasteiger charge is -2.10. The van der Waals surface area contributed by atoms with Gasteiger partial charge in [-0.2, -0.15) is 0 Å². The van der Waals surface area contributed by atoms with E-state index in [0.29, 0.717) is 16.9 Å². The first kappa shape index (κ1) is 16.1. The van der Waals surface area contributed by atoms with Gasteiger partial charge in [-0.15, -0.1) is 0 Å². The second kappa shape index (κ2) is 6.99. The third-order valence-electron chi connectivity index (χ3n) is 2.29. The summed E-state index contributed by atoms with van der Waals surface area (Å²) in [6, 6.07) is 6.96. The Bertz CT molecular complexity index is 496. The Hall–Kier alpha value is -0.960. The molecule has 0 atom stereocenters. The number of alkyl halides is 3. The molecule has 0 spiro atoms. The van der Waals surface area contributed by atoms with Crippen LogP contribution in [0.5, 0.6) is 5.75 Å². The Labute approximate surface area is 127 Å². The molecule has 0 N–H and O–H groups in total. The monoisotopic (exact) mass is 318 g/mol. The zero-order chi connectivity index (χ0) is 14.5. The molecule has 0 radical (unpaired) electrons. The molecule has 1 rings (SSSR count). The van der Waals surface area contributed by atoms with Gasteiger partial charge in [-0.25, -0.2) is 0 Å². The molecular formula is C14H13Cl3O2. The van der Waals surface area contributed by atoms with Crippen molar-refractivity contribution in [2.24, 2.45) is 0 Å². The second-order valence-corrected chi connectivity index (χ2v) is 6.06. The lowest BCUT2D eigenvalue weighted by Crippen LogP contribution is -2.04. The van der Waals surface area contributed by atoms with Gasteiger partial charge in [0.15, 0.2) is 5.78 Å². The summed E-state index contributed by atoms with van der Waals surface area (Å²) < 4.78 is 3.43. The molecule has 0 aliphatic heterocycles. The van der Waals surface area contributed by atoms with E-state index in [1.54, 1.807) is 44.4 Å². The number of ether oxygens (including phenoxy) is 1. The van der Waals surface area contributed by atoms with Gasteiger partial charge in [-0.3, -0.25) is 4.79 Å². The van der Waals surface area contributed by atoms with Crippen molar-refractivity contribution in [1.82, 2.24) is 0 Å². The van der Waals surface area contributed by atoms with Crippen molar-refractivity contribution in [3.8, 4) is 5.75 Å². The molecule has 0 saturated carbocycles. The van der Waals surface area contributed by atoms with Crippen LogP contribution in [0, 0.1) is 0 Å². The van der Waals surface area contributed by atoms with Gasteiger partial charge in [0.1, 0.15) is 5.75 Å². The number of rotatable bonds is 4. The summed E-state index contributed by atoms with van der Waals surface area (Å²) in [4.78, 5) is 12.0. The van der Waals surface area contributed by atoms with Crippen LogP contribution in [0.15, 0.2) is 42.5 Å². The average molecular weight is 320 g/mol. The number of benzene rings is 1. The van der Waals surface area contributed by atoms with Crippen molar-refractivity contribution in [3.63, 3.8) is 0 Å². The minimum atomic E-state index is -1.63. The third-order valence-corrected chi connectivity index (χ3v) is 2.62. The Balaban J connectivity index is 3.23. The van der Waals surface area contributed by atoms with Gasteiger partial charge >= 0.3 is 0 Å². The number of methoxy groups -OCH3 is 1. The van der Waals surface area contributed by atoms with E-state index in [4.69, 9.17) is 39.5 Å². The molecule has 102 valence electrons. The van der Waals surface area contributed by atoms with Crippen LogP contribution in [-0.2, 0) is 4.79 Å². The number of hydrogen-bond acceptors (Lipinski definition) is 2. The third kappa shape index (κ3) is 5.27. The minimum Gasteiger partial charge on any atom is -0.497 e. The van der Waals surface area contributed by atoms with Crippen molar-refractivity contribution in [2.75, 3.05) is 7.11 Å². The molecular weight excluding hydrogens is 307 g/mol. The predicted molar refractivity (Wildman–Crippen MR) is 81.1 cm³/mol. The first-order valence-electron chi connectivity index (χ1n) is 5.48. The molecule has 0 aliphatic carbocycles. The Morgan fingerprint density at radius 1 is 1.21 bits per heavy atom. The number of halogens is 3. The van der Waals surface area contributed by atoms with Crippen molar-refractivity contribution in [1.29, 1.82) is 0 Å². The fourth-order valence-electron chi connectivity index (χ4n) is 1.47. The van der Waals surface area contributed by atoms with E-state index in [9.17, 15) is 4.79 Å². The molecule has 2 nitrogen and oxygen atoms in total. The molecule has 0 amide bonds. The highest BCUT2D eigenvalue weighted by molar-refractivity contribution is 6.69. The van der Waals surface area contributed by atoms with Crippen LogP contribution in [0.3, 0.4) is 0 Å². The van der Waals surface area contributed by atoms with Crippen LogP contribution in [0.4, 0.5) is 0 Å². The molecule has 0 aromatic heterocycles. The van der Waals surface area contributed by atoms with Crippen molar-refractivity contribution < 1.29 is 9.53 Å². The molecule has 5 heteroatoms. The topological polar surface area (TPSA) is 26.3 Å². The van der Waals surface area contributed by atoms with Gasteiger partial charge in [0, 0.05) is 5.57 Å². The number of ketones is 1. The van der Waals surface area contributed by atoms with E-state index in [0.717, 1.165) is 0 Å². The van der Waals surface area contributed by atoms with Crippen LogP contribution in [0.2, 0.25) is 0 Å². The smallest absolute Gasteiger partial charge is 0.210 e. The quantitative estimate of drug-likeness (QED) is 0.599. The lowest BCUT2D eigenvalue weighted by molar-refractivity contribution is -0.109. The summed E-state index contributed by atoms with van der Waals surface area (Å²) in [5, 5.41) is 0. The molecule has 0 unspecified atom stereocenters. The van der Waals surface area contributed by atoms with Crippen LogP contribution >= 0.6 is 34.8 Å². The summed E-state index contributed by atoms with van der Waals surface area (Å²) in [5.74, 6) is 0.467. The minimum absolute atomic E-state index is 0.223. The van der Waals surface area contributed by atoms with E-state index >= 15 is 0 Å². The largest absolute Gasteiger partial charge is 0.497 e. The zero-order valence-electron chi connectivity index (χ0n) is 10.5. The van der Waals surface area contributed by atoms with E-state index in [1.165, 1.54) is 12.2 Å². The van der Waals surface area contributed by atoms with Gasteiger partial charge in [0.05, 0.1) is 7.11 Å². The number of allylic oxidation sites excluding steroid dienone is 4. The molecule has 0 saturated heterocycles. The lowest BCUT2D eigenvalue weighted by atomic mass is 10.0. The normalized spacial score (nSPS) is 12.8. The van der Waals surface area contributed by atoms with E-state index in [2.05, 4.69) is 0 Å². The van der Waals surface area contributed by atoms with Crippen LogP contribution in [-0.4, -0.2) is 16.7 Å². The maximum Gasteiger partial charge on any atom is 0.210 e. The Morgan fingerprint density at radius 3 is 2.21 bits per heavy atom. The molecule has 1 aromatic carbocycles. The SMILES string of the molecule is CC=CC(=O)C(=CC(Cl)(Cl)Cl)c1ccc(OC)cc1. The maximum atomic E-state index is 12.0. The van der Waals surface area contributed by atoms with E-state index < -0.39 is 3.79 Å². The van der Waals surface area contributed by atoms with Crippen molar-refractivity contribution in [3.05, 3.63) is 48.1 Å². The summed E-state index contributed by atoms with van der Waals surface area (Å²) in [7, 11) is 1.57. The van der Waals surface area contributed by atoms with Gasteiger partial charge in [0.25, 0.3) is 0 Å². The molecule has 0 fully saturated rings. The number of hydrogen-bond donors (Lipinski definition) is 0. The maximum absolute atomic E-state index is 12.0. The highest BCUT2D eigenvalue weighted by Crippen LogP contribution is 2.32. The summed E-state index contributed by atoms with van der Waals surface area (Å²) in [5.41, 5.74) is 0.996. The standard InChI is InChI=1S/C14H13Cl3O2/c1-3-4-13(18)12(9-14(15,16)17)10-5-7-11(19-2)8-6-10/h3-9H,1-2H3. The molecule has 0 aliphatic rings. The van der Waals surface area contributed by atoms with Crippen LogP contribution in [0.25, 0.3) is 5.57 Å². The first-order chi connectivity index (χ1) is 8.87. The van der Waals surface area contributed by atoms with E-state index in [1.807, 2.05) is 0 Å². The predicted octanol–water partition coefficient (Wildman–Crippen LogP) is 4.59. The van der Waals surface area contributed by atoms with Gasteiger partial charge in [-0.1, -0.05) is 53.0 Å². The molecule has 0 bridgehead atoms. The van der Waals surface area contributed by atoms with Crippen LogP contribution < -0.4 is 4.74 Å². The van der Waals surface area contributed by atoms with E-state index in [-0.39, 0.29) is 5.78 Å². The zero-order valence-corrected chi connectivity index (χ0v) is 12.8. The molecule has 1 aromatic rings. The number of carbonyl (C=O) groups excluding carboxylic acids is 1. The number of carbonyl (C=O) groups is 1. The van der Waals surface area contributed by atoms with Gasteiger partial charge < -0.3 is 4.74 Å². The fourth-order valence-corrected chi connectivity index (χ4v) is 1.80. The Kier molecular flexibility index (Phi) is 5.92. The second-order valence-electron chi connectivity index (χ2n) is 3.69. The first-order valence-corrected chi connectivity index (χ1v) is 6.62. The van der Waals surface area contributed by atoms with Gasteiger partial charge in [-0.05, 0) is 36.8 Å². The fraction of sp³-hybridized carbons (Fsp3) is 0.214. The summed E-state index contributed by atoms with van der Waals surface area (Å²) in [6.45, 7) is 1.75. The van der Waals surface area contributed by atoms with Gasteiger partial charge in [0.2, 0.25) is 3.79 Å². The van der Waals surface area contributed by atoms with Crippen LogP contribution in [0.1, 0.15) is 12.5 Å². The highest BCUT2D eigenvalue weighted by atomic mass is 35.6. The Morgan fingerprint density at radius 2 is 1.79 bits per heavy atom. The summed E-state index contributed by atoms with van der Waals surface area (Å²) in [6.07, 6.45) is 4.37. The highest BCUT2D eigenvalue weighted by Gasteiger charge is 2.20. The molecule has 19 heavy (non-hydrogen) atoms. The molecule has 0 heterocycles. The summed E-state index contributed by atoms with van der Waals surface area (Å²) >= 11 is 17.2. The van der Waals surface area contributed by atoms with Crippen molar-refractivity contribution >= 4 is 46.2 Å².